The monoisotopic (exact) mass is 439 g/mol. The molecule has 150 valence electrons. The summed E-state index contributed by atoms with van der Waals surface area (Å²) in [6.45, 7) is 0. The molecule has 1 N–H and O–H groups in total. The molecule has 3 rings (SSSR count). The molecule has 0 saturated heterocycles. The lowest BCUT2D eigenvalue weighted by Gasteiger charge is -2.13. The molecule has 6 nitrogen and oxygen atoms in total. The number of amides is 1. The number of non-ortho nitro benzene ring substituents is 1. The third-order valence-electron chi connectivity index (χ3n) is 3.67. The Morgan fingerprint density at radius 2 is 1.93 bits per heavy atom. The summed E-state index contributed by atoms with van der Waals surface area (Å²) in [5, 5.41) is 14.7. The Morgan fingerprint density at radius 1 is 1.21 bits per heavy atom. The lowest BCUT2D eigenvalue weighted by atomic mass is 10.1. The fraction of sp³-hybridized carbons (Fsp3) is 0.111. The molecule has 3 aromatic rings. The molecule has 0 fully saturated rings. The normalized spacial score (nSPS) is 11.3. The minimum atomic E-state index is -4.85. The quantitative estimate of drug-likeness (QED) is 0.313. The SMILES string of the molecule is O=C(CSc1nc(-c2ccccc2)cs1)Nc1ccc([N+](=O)[O-])cc1C(F)(F)F. The van der Waals surface area contributed by atoms with Crippen molar-refractivity contribution in [1.29, 1.82) is 0 Å². The van der Waals surface area contributed by atoms with Crippen molar-refractivity contribution in [3.63, 3.8) is 0 Å². The number of nitro benzene ring substituents is 1. The van der Waals surface area contributed by atoms with Crippen molar-refractivity contribution in [1.82, 2.24) is 4.98 Å². The number of thioether (sulfide) groups is 1. The average molecular weight is 439 g/mol. The van der Waals surface area contributed by atoms with Gasteiger partial charge in [-0.15, -0.1) is 11.3 Å². The molecule has 0 aliphatic carbocycles. The van der Waals surface area contributed by atoms with Crippen molar-refractivity contribution >= 4 is 40.4 Å². The molecule has 0 spiro atoms. The highest BCUT2D eigenvalue weighted by Crippen LogP contribution is 2.37. The van der Waals surface area contributed by atoms with Crippen molar-refractivity contribution in [2.75, 3.05) is 11.1 Å². The van der Waals surface area contributed by atoms with Gasteiger partial charge in [0.15, 0.2) is 4.34 Å². The second-order valence-corrected chi connectivity index (χ2v) is 7.77. The van der Waals surface area contributed by atoms with Crippen LogP contribution in [0.15, 0.2) is 58.3 Å². The first kappa shape index (κ1) is 20.8. The Labute approximate surface area is 170 Å². The maximum Gasteiger partial charge on any atom is 0.418 e. The highest BCUT2D eigenvalue weighted by molar-refractivity contribution is 8.01. The lowest BCUT2D eigenvalue weighted by molar-refractivity contribution is -0.385. The number of halogens is 3. The van der Waals surface area contributed by atoms with Gasteiger partial charge < -0.3 is 5.32 Å². The van der Waals surface area contributed by atoms with Crippen LogP contribution >= 0.6 is 23.1 Å². The summed E-state index contributed by atoms with van der Waals surface area (Å²) in [6.07, 6.45) is -4.85. The number of thiazole rings is 1. The standard InChI is InChI=1S/C18H12F3N3O3S2/c19-18(20,21)13-8-12(24(26)27)6-7-14(13)22-16(25)10-29-17-23-15(9-28-17)11-4-2-1-3-5-11/h1-9H,10H2,(H,22,25). The number of anilines is 1. The minimum Gasteiger partial charge on any atom is -0.325 e. The number of nitrogens with one attached hydrogen (secondary N) is 1. The van der Waals surface area contributed by atoms with E-state index in [2.05, 4.69) is 10.3 Å². The van der Waals surface area contributed by atoms with Crippen LogP contribution in [0.5, 0.6) is 0 Å². The van der Waals surface area contributed by atoms with Gasteiger partial charge in [-0.25, -0.2) is 4.98 Å². The Bertz CT molecular complexity index is 1040. The second-order valence-electron chi connectivity index (χ2n) is 5.69. The van der Waals surface area contributed by atoms with Gasteiger partial charge in [0.2, 0.25) is 5.91 Å². The maximum atomic E-state index is 13.2. The van der Waals surface area contributed by atoms with E-state index in [-0.39, 0.29) is 5.75 Å². The van der Waals surface area contributed by atoms with Crippen molar-refractivity contribution in [3.8, 4) is 11.3 Å². The molecule has 0 aliphatic heterocycles. The van der Waals surface area contributed by atoms with Crippen LogP contribution in [0.1, 0.15) is 5.56 Å². The van der Waals surface area contributed by atoms with Gasteiger partial charge in [0, 0.05) is 23.1 Å². The summed E-state index contributed by atoms with van der Waals surface area (Å²) in [7, 11) is 0. The van der Waals surface area contributed by atoms with Crippen molar-refractivity contribution in [3.05, 3.63) is 69.6 Å². The van der Waals surface area contributed by atoms with Gasteiger partial charge in [0.25, 0.3) is 5.69 Å². The molecule has 0 atom stereocenters. The van der Waals surface area contributed by atoms with Crippen LogP contribution in [-0.2, 0) is 11.0 Å². The smallest absolute Gasteiger partial charge is 0.325 e. The van der Waals surface area contributed by atoms with Crippen LogP contribution in [0.4, 0.5) is 24.5 Å². The molecule has 1 aromatic heterocycles. The average Bonchev–Trinajstić information content (AvgIpc) is 3.15. The Morgan fingerprint density at radius 3 is 2.59 bits per heavy atom. The highest BCUT2D eigenvalue weighted by atomic mass is 32.2. The number of carbonyl (C=O) groups is 1. The van der Waals surface area contributed by atoms with Crippen molar-refractivity contribution < 1.29 is 22.9 Å². The molecular formula is C18H12F3N3O3S2. The zero-order valence-corrected chi connectivity index (χ0v) is 16.1. The van der Waals surface area contributed by atoms with Crippen LogP contribution in [-0.4, -0.2) is 21.6 Å². The molecule has 11 heteroatoms. The van der Waals surface area contributed by atoms with E-state index in [9.17, 15) is 28.1 Å². The van der Waals surface area contributed by atoms with Crippen LogP contribution < -0.4 is 5.32 Å². The fourth-order valence-electron chi connectivity index (χ4n) is 2.37. The molecule has 0 radical (unpaired) electrons. The number of rotatable bonds is 6. The number of hydrogen-bond donors (Lipinski definition) is 1. The largest absolute Gasteiger partial charge is 0.418 e. The first-order valence-electron chi connectivity index (χ1n) is 8.03. The molecule has 29 heavy (non-hydrogen) atoms. The van der Waals surface area contributed by atoms with E-state index in [0.717, 1.165) is 35.2 Å². The zero-order valence-electron chi connectivity index (χ0n) is 14.5. The van der Waals surface area contributed by atoms with Crippen LogP contribution in [0.3, 0.4) is 0 Å². The highest BCUT2D eigenvalue weighted by Gasteiger charge is 2.35. The van der Waals surface area contributed by atoms with Gasteiger partial charge in [0.05, 0.1) is 27.6 Å². The molecular weight excluding hydrogens is 427 g/mol. The first-order valence-corrected chi connectivity index (χ1v) is 9.90. The number of alkyl halides is 3. The molecule has 1 heterocycles. The molecule has 0 saturated carbocycles. The maximum absolute atomic E-state index is 13.2. The summed E-state index contributed by atoms with van der Waals surface area (Å²) in [5.41, 5.74) is -0.849. The molecule has 0 unspecified atom stereocenters. The van der Waals surface area contributed by atoms with Gasteiger partial charge in [-0.2, -0.15) is 13.2 Å². The van der Waals surface area contributed by atoms with Crippen molar-refractivity contribution in [2.45, 2.75) is 10.5 Å². The van der Waals surface area contributed by atoms with Crippen LogP contribution in [0.25, 0.3) is 11.3 Å². The van der Waals surface area contributed by atoms with E-state index in [0.29, 0.717) is 10.4 Å². The number of hydrogen-bond acceptors (Lipinski definition) is 6. The molecule has 1 amide bonds. The predicted molar refractivity (Wildman–Crippen MR) is 105 cm³/mol. The van der Waals surface area contributed by atoms with E-state index >= 15 is 0 Å². The van der Waals surface area contributed by atoms with E-state index in [1.54, 1.807) is 0 Å². The number of benzene rings is 2. The van der Waals surface area contributed by atoms with E-state index in [1.165, 1.54) is 11.3 Å². The first-order chi connectivity index (χ1) is 13.7. The third kappa shape index (κ3) is 5.33. The summed E-state index contributed by atoms with van der Waals surface area (Å²) >= 11 is 2.41. The van der Waals surface area contributed by atoms with Crippen LogP contribution in [0.2, 0.25) is 0 Å². The Balaban J connectivity index is 1.67. The van der Waals surface area contributed by atoms with Gasteiger partial charge in [0.1, 0.15) is 0 Å². The fourth-order valence-corrected chi connectivity index (χ4v) is 4.00. The number of aromatic nitrogens is 1. The molecule has 0 bridgehead atoms. The molecule has 2 aromatic carbocycles. The Kier molecular flexibility index (Phi) is 6.18. The molecule has 0 aliphatic rings. The van der Waals surface area contributed by atoms with E-state index in [4.69, 9.17) is 0 Å². The second kappa shape index (κ2) is 8.62. The van der Waals surface area contributed by atoms with Gasteiger partial charge in [-0.05, 0) is 6.07 Å². The van der Waals surface area contributed by atoms with Crippen LogP contribution in [0, 0.1) is 10.1 Å². The predicted octanol–water partition coefficient (Wildman–Crippen LogP) is 5.47. The number of nitrogens with zero attached hydrogens (tertiary/aromatic N) is 2. The third-order valence-corrected chi connectivity index (χ3v) is 5.69. The summed E-state index contributed by atoms with van der Waals surface area (Å²) in [6, 6.07) is 11.6. The van der Waals surface area contributed by atoms with Gasteiger partial charge in [-0.3, -0.25) is 14.9 Å². The van der Waals surface area contributed by atoms with Gasteiger partial charge >= 0.3 is 6.18 Å². The lowest BCUT2D eigenvalue weighted by Crippen LogP contribution is -2.18. The summed E-state index contributed by atoms with van der Waals surface area (Å²) < 4.78 is 40.1. The zero-order chi connectivity index (χ0) is 21.0. The minimum absolute atomic E-state index is 0.157. The topological polar surface area (TPSA) is 85.1 Å². The van der Waals surface area contributed by atoms with E-state index < -0.39 is 33.9 Å². The Hall–Kier alpha value is -2.92. The van der Waals surface area contributed by atoms with Crippen molar-refractivity contribution in [2.24, 2.45) is 0 Å². The number of nitro groups is 1. The summed E-state index contributed by atoms with van der Waals surface area (Å²) in [5.74, 6) is -0.832. The number of carbonyl (C=O) groups excluding carboxylic acids is 1. The summed E-state index contributed by atoms with van der Waals surface area (Å²) in [4.78, 5) is 26.3. The van der Waals surface area contributed by atoms with Gasteiger partial charge in [-0.1, -0.05) is 42.1 Å². The van der Waals surface area contributed by atoms with E-state index in [1.807, 2.05) is 35.7 Å².